The summed E-state index contributed by atoms with van der Waals surface area (Å²) in [6, 6.07) is 9.55. The fourth-order valence-electron chi connectivity index (χ4n) is 2.12. The van der Waals surface area contributed by atoms with Crippen LogP contribution in [-0.2, 0) is 9.53 Å². The van der Waals surface area contributed by atoms with Crippen LogP contribution in [0.4, 0.5) is 0 Å². The van der Waals surface area contributed by atoms with Gasteiger partial charge in [-0.25, -0.2) is 0 Å². The minimum atomic E-state index is -0.318. The lowest BCUT2D eigenvalue weighted by Gasteiger charge is -2.23. The van der Waals surface area contributed by atoms with Gasteiger partial charge in [-0.2, -0.15) is 0 Å². The minimum Gasteiger partial charge on any atom is -0.462 e. The standard InChI is InChI=1S/C12H17NS.C5H10O2/c1-14-11-7-5-10(6-8-11)12-4-2-3-9-13-12;1-5(2,3)7-4-6/h5-8,12-13H,2-4,9H2,1H3;4H,1-3H3. The van der Waals surface area contributed by atoms with Crippen molar-refractivity contribution in [2.75, 3.05) is 12.8 Å². The predicted molar refractivity (Wildman–Crippen MR) is 89.7 cm³/mol. The van der Waals surface area contributed by atoms with Crippen LogP contribution in [0.3, 0.4) is 0 Å². The molecule has 1 aliphatic rings. The molecule has 1 aliphatic heterocycles. The molecule has 3 nitrogen and oxygen atoms in total. The van der Waals surface area contributed by atoms with Crippen molar-refractivity contribution in [3.05, 3.63) is 29.8 Å². The lowest BCUT2D eigenvalue weighted by molar-refractivity contribution is -0.138. The van der Waals surface area contributed by atoms with Crippen molar-refractivity contribution < 1.29 is 9.53 Å². The minimum absolute atomic E-state index is 0.318. The van der Waals surface area contributed by atoms with E-state index >= 15 is 0 Å². The Morgan fingerprint density at radius 2 is 1.90 bits per heavy atom. The largest absolute Gasteiger partial charge is 0.462 e. The Morgan fingerprint density at radius 1 is 1.24 bits per heavy atom. The molecule has 2 rings (SSSR count). The summed E-state index contributed by atoms with van der Waals surface area (Å²) in [6.07, 6.45) is 6.10. The number of ether oxygens (including phenoxy) is 1. The van der Waals surface area contributed by atoms with Crippen LogP contribution in [0.5, 0.6) is 0 Å². The van der Waals surface area contributed by atoms with Crippen LogP contribution in [0.1, 0.15) is 51.6 Å². The van der Waals surface area contributed by atoms with Crippen LogP contribution in [0.2, 0.25) is 0 Å². The Hall–Kier alpha value is -1.00. The van der Waals surface area contributed by atoms with E-state index in [0.717, 1.165) is 0 Å². The Labute approximate surface area is 132 Å². The molecule has 118 valence electrons. The Morgan fingerprint density at radius 3 is 2.29 bits per heavy atom. The van der Waals surface area contributed by atoms with Crippen molar-refractivity contribution >= 4 is 18.2 Å². The first-order valence-electron chi connectivity index (χ1n) is 7.45. The van der Waals surface area contributed by atoms with Gasteiger partial charge in [-0.1, -0.05) is 18.6 Å². The maximum Gasteiger partial charge on any atom is 0.293 e. The zero-order valence-corrected chi connectivity index (χ0v) is 14.3. The highest BCUT2D eigenvalue weighted by Gasteiger charge is 2.13. The average Bonchev–Trinajstić information content (AvgIpc) is 2.48. The lowest BCUT2D eigenvalue weighted by atomic mass is 9.98. The Balaban J connectivity index is 0.000000270. The molecule has 0 aliphatic carbocycles. The van der Waals surface area contributed by atoms with Gasteiger partial charge in [0.1, 0.15) is 5.60 Å². The summed E-state index contributed by atoms with van der Waals surface area (Å²) in [5, 5.41) is 3.57. The number of carbonyl (C=O) groups is 1. The normalized spacial score (nSPS) is 18.4. The van der Waals surface area contributed by atoms with E-state index in [1.165, 1.54) is 36.3 Å². The second-order valence-electron chi connectivity index (χ2n) is 6.10. The second kappa shape index (κ2) is 9.11. The molecule has 1 aromatic rings. The molecule has 1 atom stereocenters. The zero-order chi connectivity index (χ0) is 15.7. The first kappa shape index (κ1) is 18.1. The van der Waals surface area contributed by atoms with E-state index in [1.807, 2.05) is 20.8 Å². The molecule has 0 amide bonds. The topological polar surface area (TPSA) is 38.3 Å². The highest BCUT2D eigenvalue weighted by molar-refractivity contribution is 7.98. The first-order valence-corrected chi connectivity index (χ1v) is 8.67. The summed E-state index contributed by atoms with van der Waals surface area (Å²) in [4.78, 5) is 10.9. The summed E-state index contributed by atoms with van der Waals surface area (Å²) >= 11 is 1.80. The Bertz CT molecular complexity index is 406. The molecule has 1 N–H and O–H groups in total. The highest BCUT2D eigenvalue weighted by atomic mass is 32.2. The molecule has 1 heterocycles. The second-order valence-corrected chi connectivity index (χ2v) is 6.98. The monoisotopic (exact) mass is 309 g/mol. The van der Waals surface area contributed by atoms with Crippen LogP contribution in [-0.4, -0.2) is 24.9 Å². The van der Waals surface area contributed by atoms with Gasteiger partial charge in [0.05, 0.1) is 0 Å². The maximum absolute atomic E-state index is 9.60. The smallest absolute Gasteiger partial charge is 0.293 e. The molecule has 0 aromatic heterocycles. The van der Waals surface area contributed by atoms with Gasteiger partial charge in [-0.15, -0.1) is 11.8 Å². The first-order chi connectivity index (χ1) is 9.96. The summed E-state index contributed by atoms with van der Waals surface area (Å²) in [6.45, 7) is 7.10. The van der Waals surface area contributed by atoms with Gasteiger partial charge in [-0.3, -0.25) is 4.79 Å². The molecule has 0 bridgehead atoms. The molecule has 1 fully saturated rings. The van der Waals surface area contributed by atoms with Crippen molar-refractivity contribution in [3.8, 4) is 0 Å². The molecule has 1 saturated heterocycles. The quantitative estimate of drug-likeness (QED) is 0.671. The molecule has 0 saturated carbocycles. The SMILES string of the molecule is CC(C)(C)OC=O.CSc1ccc(C2CCCCN2)cc1. The van der Waals surface area contributed by atoms with E-state index in [0.29, 0.717) is 12.5 Å². The fourth-order valence-corrected chi connectivity index (χ4v) is 2.53. The van der Waals surface area contributed by atoms with Crippen LogP contribution >= 0.6 is 11.8 Å². The van der Waals surface area contributed by atoms with E-state index in [-0.39, 0.29) is 5.60 Å². The number of nitrogens with one attached hydrogen (secondary N) is 1. The molecule has 0 radical (unpaired) electrons. The fraction of sp³-hybridized carbons (Fsp3) is 0.588. The zero-order valence-electron chi connectivity index (χ0n) is 13.5. The molecule has 0 spiro atoms. The van der Waals surface area contributed by atoms with Crippen molar-refractivity contribution in [1.82, 2.24) is 5.32 Å². The van der Waals surface area contributed by atoms with Crippen LogP contribution < -0.4 is 5.32 Å². The van der Waals surface area contributed by atoms with E-state index < -0.39 is 0 Å². The highest BCUT2D eigenvalue weighted by Crippen LogP contribution is 2.24. The van der Waals surface area contributed by atoms with Gasteiger partial charge < -0.3 is 10.1 Å². The number of piperidine rings is 1. The predicted octanol–water partition coefficient (Wildman–Crippen LogP) is 4.18. The van der Waals surface area contributed by atoms with Gasteiger partial charge in [0.15, 0.2) is 0 Å². The third-order valence-electron chi connectivity index (χ3n) is 3.23. The number of thioether (sulfide) groups is 1. The van der Waals surface area contributed by atoms with Crippen LogP contribution in [0.15, 0.2) is 29.2 Å². The number of hydrogen-bond donors (Lipinski definition) is 1. The lowest BCUT2D eigenvalue weighted by Crippen LogP contribution is -2.26. The molecule has 21 heavy (non-hydrogen) atoms. The molecule has 1 aromatic carbocycles. The third-order valence-corrected chi connectivity index (χ3v) is 3.97. The number of carbonyl (C=O) groups excluding carboxylic acids is 1. The molecular weight excluding hydrogens is 282 g/mol. The van der Waals surface area contributed by atoms with Crippen molar-refractivity contribution in [2.45, 2.75) is 56.6 Å². The summed E-state index contributed by atoms with van der Waals surface area (Å²) in [5.74, 6) is 0. The van der Waals surface area contributed by atoms with E-state index in [4.69, 9.17) is 0 Å². The Kier molecular flexibility index (Phi) is 7.83. The molecular formula is C17H27NO2S. The maximum atomic E-state index is 9.60. The van der Waals surface area contributed by atoms with Crippen LogP contribution in [0.25, 0.3) is 0 Å². The van der Waals surface area contributed by atoms with Gasteiger partial charge in [0.25, 0.3) is 6.47 Å². The third kappa shape index (κ3) is 7.53. The van der Waals surface area contributed by atoms with Gasteiger partial charge >= 0.3 is 0 Å². The van der Waals surface area contributed by atoms with E-state index in [2.05, 4.69) is 40.6 Å². The van der Waals surface area contributed by atoms with Gasteiger partial charge in [0, 0.05) is 10.9 Å². The number of benzene rings is 1. The van der Waals surface area contributed by atoms with Crippen LogP contribution in [0, 0.1) is 0 Å². The van der Waals surface area contributed by atoms with Crippen molar-refractivity contribution in [2.24, 2.45) is 0 Å². The van der Waals surface area contributed by atoms with Crippen molar-refractivity contribution in [1.29, 1.82) is 0 Å². The van der Waals surface area contributed by atoms with Gasteiger partial charge in [0.2, 0.25) is 0 Å². The summed E-state index contributed by atoms with van der Waals surface area (Å²) in [7, 11) is 0. The average molecular weight is 309 g/mol. The number of rotatable bonds is 3. The summed E-state index contributed by atoms with van der Waals surface area (Å²) < 4.78 is 4.55. The van der Waals surface area contributed by atoms with Crippen molar-refractivity contribution in [3.63, 3.8) is 0 Å². The van der Waals surface area contributed by atoms with Gasteiger partial charge in [-0.05, 0) is 64.1 Å². The number of hydrogen-bond acceptors (Lipinski definition) is 4. The molecule has 1 unspecified atom stereocenters. The van der Waals surface area contributed by atoms with E-state index in [1.54, 1.807) is 11.8 Å². The van der Waals surface area contributed by atoms with E-state index in [9.17, 15) is 4.79 Å². The molecule has 4 heteroatoms. The summed E-state index contributed by atoms with van der Waals surface area (Å²) in [5.41, 5.74) is 1.13.